The number of carboxylic acid groups (broad SMARTS) is 1. The highest BCUT2D eigenvalue weighted by molar-refractivity contribution is 5.88. The second-order valence-corrected chi connectivity index (χ2v) is 12.6. The van der Waals surface area contributed by atoms with Gasteiger partial charge in [-0.2, -0.15) is 15.4 Å². The fourth-order valence-corrected chi connectivity index (χ4v) is 9.26. The maximum atomic E-state index is 11.3. The van der Waals surface area contributed by atoms with Crippen molar-refractivity contribution in [2.75, 3.05) is 7.11 Å². The minimum atomic E-state index is -1.30. The molecule has 4 saturated carbocycles. The van der Waals surface area contributed by atoms with E-state index in [1.165, 1.54) is 6.08 Å². The van der Waals surface area contributed by atoms with Gasteiger partial charge in [0.05, 0.1) is 0 Å². The van der Waals surface area contributed by atoms with Crippen molar-refractivity contribution in [3.05, 3.63) is 87.7 Å². The number of phenolic OH excluding ortho intramolecular Hbond substituents is 1. The second kappa shape index (κ2) is 9.41. The summed E-state index contributed by atoms with van der Waals surface area (Å²) in [4.78, 5) is 23.5. The SMILES string of the molecule is COC12OOC13C1CC4CC3CC(C1)C4c1cccc3c1OC(=CC3=C(C#N)C#N)/C=C/c1cc(/C=C/C(=O)O)c(O)cc12. The minimum absolute atomic E-state index is 0.00153. The number of para-hydroxylation sites is 1. The average molecular weight is 589 g/mol. The first-order valence-electron chi connectivity index (χ1n) is 14.8. The predicted molar refractivity (Wildman–Crippen MR) is 156 cm³/mol. The molecule has 220 valence electrons. The standard InChI is InChI=1S/C35H28N2O7/c1-41-35-29-15-30(38)19(6-8-31(39)40)9-18(29)5-7-25-14-28(22(16-36)17-37)26-3-2-4-27(33(26)42-25)32-20-10-23-12-21(32)13-24(11-20)34(23,35)43-44-35/h2-9,14-15,20-21,23-24,32,38H,10-13H2,1H3,(H,39,40)/b7-5+,8-6+. The Hall–Kier alpha value is -4.67. The summed E-state index contributed by atoms with van der Waals surface area (Å²) in [6.07, 6.45) is 11.1. The number of carbonyl (C=O) groups is 1. The average Bonchev–Trinajstić information content (AvgIpc) is 3.00. The highest BCUT2D eigenvalue weighted by Crippen LogP contribution is 2.72. The number of aliphatic carboxylic acids is 1. The summed E-state index contributed by atoms with van der Waals surface area (Å²) < 4.78 is 12.9. The van der Waals surface area contributed by atoms with Gasteiger partial charge in [-0.1, -0.05) is 24.3 Å². The molecule has 12 rings (SSSR count). The number of carboxylic acids is 1. The molecule has 2 aromatic carbocycles. The Balaban J connectivity index is 1.41. The lowest BCUT2D eigenvalue weighted by molar-refractivity contribution is -0.646. The third kappa shape index (κ3) is 3.40. The Morgan fingerprint density at radius 2 is 1.80 bits per heavy atom. The molecule has 2 aromatic rings. The molecule has 9 nitrogen and oxygen atoms in total. The van der Waals surface area contributed by atoms with E-state index in [0.717, 1.165) is 42.9 Å². The van der Waals surface area contributed by atoms with Crippen LogP contribution in [-0.4, -0.2) is 28.9 Å². The summed E-state index contributed by atoms with van der Waals surface area (Å²) >= 11 is 0. The number of nitrogens with zero attached hydrogens (tertiary/aromatic N) is 2. The summed E-state index contributed by atoms with van der Waals surface area (Å²) in [5.41, 5.74) is 3.07. The van der Waals surface area contributed by atoms with Crippen molar-refractivity contribution in [3.8, 4) is 23.6 Å². The molecule has 0 radical (unpaired) electrons. The van der Waals surface area contributed by atoms with Gasteiger partial charge in [0.1, 0.15) is 35.0 Å². The summed E-state index contributed by atoms with van der Waals surface area (Å²) in [6, 6.07) is 13.4. The zero-order valence-corrected chi connectivity index (χ0v) is 23.8. The van der Waals surface area contributed by atoms with E-state index in [2.05, 4.69) is 18.2 Å². The molecule has 5 fully saturated rings. The zero-order chi connectivity index (χ0) is 30.4. The molecule has 1 atom stereocenters. The number of benzene rings is 2. The van der Waals surface area contributed by atoms with E-state index in [9.17, 15) is 25.5 Å². The summed E-state index contributed by atoms with van der Waals surface area (Å²) in [6.45, 7) is 0. The maximum absolute atomic E-state index is 11.3. The normalized spacial score (nSPS) is 34.1. The van der Waals surface area contributed by atoms with Crippen LogP contribution in [0, 0.1) is 46.3 Å². The van der Waals surface area contributed by atoms with Crippen molar-refractivity contribution >= 4 is 23.7 Å². The van der Waals surface area contributed by atoms with E-state index in [4.69, 9.17) is 19.2 Å². The van der Waals surface area contributed by atoms with Crippen LogP contribution in [-0.2, 0) is 25.1 Å². The minimum Gasteiger partial charge on any atom is -0.507 e. The lowest BCUT2D eigenvalue weighted by atomic mass is 9.43. The number of ether oxygens (including phenoxy) is 2. The van der Waals surface area contributed by atoms with Crippen molar-refractivity contribution in [3.63, 3.8) is 0 Å². The number of allylic oxidation sites excluding steroid dienone is 4. The Morgan fingerprint density at radius 1 is 1.07 bits per heavy atom. The highest BCUT2D eigenvalue weighted by Gasteiger charge is 2.78. The van der Waals surface area contributed by atoms with Crippen LogP contribution >= 0.6 is 0 Å². The molecule has 2 N–H and O–H groups in total. The number of aromatic hydroxyl groups is 1. The van der Waals surface area contributed by atoms with Crippen LogP contribution in [0.15, 0.2) is 59.9 Å². The molecule has 9 heteroatoms. The number of hydrogen-bond acceptors (Lipinski definition) is 8. The fraction of sp³-hybridized carbons (Fsp3) is 0.343. The topological polar surface area (TPSA) is 142 Å². The first kappa shape index (κ1) is 26.9. The molecule has 8 bridgehead atoms. The van der Waals surface area contributed by atoms with Crippen LogP contribution in [0.2, 0.25) is 0 Å². The van der Waals surface area contributed by atoms with Crippen LogP contribution in [0.1, 0.15) is 59.4 Å². The maximum Gasteiger partial charge on any atom is 0.328 e. The Labute approximate surface area is 253 Å². The Bertz CT molecular complexity index is 1800. The van der Waals surface area contributed by atoms with Crippen molar-refractivity contribution in [1.82, 2.24) is 0 Å². The van der Waals surface area contributed by atoms with Gasteiger partial charge in [-0.3, -0.25) is 0 Å². The molecular weight excluding hydrogens is 560 g/mol. The van der Waals surface area contributed by atoms with Crippen molar-refractivity contribution in [1.29, 1.82) is 10.5 Å². The van der Waals surface area contributed by atoms with Gasteiger partial charge in [-0.25, -0.2) is 9.68 Å². The lowest BCUT2D eigenvalue weighted by Crippen LogP contribution is -2.77. The van der Waals surface area contributed by atoms with Gasteiger partial charge in [0.2, 0.25) is 0 Å². The van der Waals surface area contributed by atoms with E-state index in [-0.39, 0.29) is 29.1 Å². The van der Waals surface area contributed by atoms with Gasteiger partial charge in [0.15, 0.2) is 5.60 Å². The highest BCUT2D eigenvalue weighted by atomic mass is 17.3. The van der Waals surface area contributed by atoms with E-state index in [1.807, 2.05) is 12.1 Å². The van der Waals surface area contributed by atoms with E-state index >= 15 is 0 Å². The number of hydrogen-bond donors (Lipinski definition) is 2. The molecule has 6 heterocycles. The molecule has 1 saturated heterocycles. The first-order chi connectivity index (χ1) is 21.3. The van der Waals surface area contributed by atoms with Gasteiger partial charge in [0, 0.05) is 35.4 Å². The molecule has 1 unspecified atom stereocenters. The van der Waals surface area contributed by atoms with Gasteiger partial charge >= 0.3 is 5.97 Å². The zero-order valence-electron chi connectivity index (χ0n) is 23.8. The Morgan fingerprint density at radius 3 is 2.41 bits per heavy atom. The van der Waals surface area contributed by atoms with Gasteiger partial charge < -0.3 is 19.7 Å². The number of phenols is 1. The van der Waals surface area contributed by atoms with Crippen molar-refractivity contribution in [2.24, 2.45) is 23.7 Å². The molecule has 6 aliphatic heterocycles. The number of methoxy groups -OCH3 is 1. The summed E-state index contributed by atoms with van der Waals surface area (Å²) in [5.74, 6) is -0.137. The summed E-state index contributed by atoms with van der Waals surface area (Å²) in [5, 5.41) is 40.1. The molecule has 10 aliphatic rings. The van der Waals surface area contributed by atoms with Crippen LogP contribution in [0.25, 0.3) is 17.7 Å². The molecule has 44 heavy (non-hydrogen) atoms. The van der Waals surface area contributed by atoms with Crippen LogP contribution < -0.4 is 4.74 Å². The van der Waals surface area contributed by atoms with Gasteiger partial charge in [-0.05, 0) is 96.8 Å². The van der Waals surface area contributed by atoms with Crippen LogP contribution in [0.5, 0.6) is 11.5 Å². The van der Waals surface area contributed by atoms with Crippen LogP contribution in [0.4, 0.5) is 0 Å². The smallest absolute Gasteiger partial charge is 0.328 e. The van der Waals surface area contributed by atoms with Crippen molar-refractivity contribution < 1.29 is 34.3 Å². The van der Waals surface area contributed by atoms with E-state index < -0.39 is 17.4 Å². The lowest BCUT2D eigenvalue weighted by Gasteiger charge is -2.70. The third-order valence-electron chi connectivity index (χ3n) is 10.8. The molecular formula is C35H28N2O7. The number of nitriles is 2. The molecule has 4 aliphatic carbocycles. The fourth-order valence-electron chi connectivity index (χ4n) is 9.26. The Kier molecular flexibility index (Phi) is 5.76. The van der Waals surface area contributed by atoms with Crippen molar-refractivity contribution in [2.45, 2.75) is 43.0 Å². The molecule has 0 aromatic heterocycles. The molecule has 0 amide bonds. The largest absolute Gasteiger partial charge is 0.507 e. The van der Waals surface area contributed by atoms with E-state index in [0.29, 0.717) is 45.6 Å². The monoisotopic (exact) mass is 588 g/mol. The number of rotatable bonds is 3. The second-order valence-electron chi connectivity index (χ2n) is 12.6. The van der Waals surface area contributed by atoms with Crippen LogP contribution in [0.3, 0.4) is 0 Å². The predicted octanol–water partition coefficient (Wildman–Crippen LogP) is 5.94. The van der Waals surface area contributed by atoms with Gasteiger partial charge in [-0.15, -0.1) is 0 Å². The third-order valence-corrected chi connectivity index (χ3v) is 10.8. The quantitative estimate of drug-likeness (QED) is 0.253. The summed E-state index contributed by atoms with van der Waals surface area (Å²) in [7, 11) is 1.59. The first-order valence-corrected chi connectivity index (χ1v) is 14.8. The van der Waals surface area contributed by atoms with Gasteiger partial charge in [0.25, 0.3) is 5.79 Å². The molecule has 1 spiro atoms. The van der Waals surface area contributed by atoms with E-state index in [1.54, 1.807) is 37.5 Å².